The number of hydrogen-bond donors (Lipinski definition) is 0. The smallest absolute Gasteiger partial charge is 0.244 e. The molecule has 18 heavy (non-hydrogen) atoms. The first-order valence-electron chi connectivity index (χ1n) is 6.41. The Bertz CT molecular complexity index is 398. The fourth-order valence-corrected chi connectivity index (χ4v) is 2.33. The van der Waals surface area contributed by atoms with Gasteiger partial charge in [0.15, 0.2) is 0 Å². The molecule has 0 N–H and O–H groups in total. The van der Waals surface area contributed by atoms with E-state index in [0.717, 1.165) is 39.0 Å². The minimum Gasteiger partial charge on any atom is -0.381 e. The molecule has 0 spiro atoms. The maximum absolute atomic E-state index is 12.2. The molecule has 1 amide bonds. The Hall–Kier alpha value is -1.50. The van der Waals surface area contributed by atoms with Crippen molar-refractivity contribution in [3.63, 3.8) is 0 Å². The number of aromatic nitrogens is 4. The summed E-state index contributed by atoms with van der Waals surface area (Å²) in [4.78, 5) is 14.2. The van der Waals surface area contributed by atoms with E-state index in [9.17, 15) is 4.79 Å². The molecule has 1 saturated carbocycles. The van der Waals surface area contributed by atoms with Crippen LogP contribution in [0, 0.1) is 5.92 Å². The molecule has 0 aromatic carbocycles. The Morgan fingerprint density at radius 2 is 2.33 bits per heavy atom. The van der Waals surface area contributed by atoms with Crippen molar-refractivity contribution in [2.75, 3.05) is 19.8 Å². The van der Waals surface area contributed by atoms with Crippen molar-refractivity contribution < 1.29 is 9.53 Å². The minimum atomic E-state index is 0.108. The zero-order valence-corrected chi connectivity index (χ0v) is 10.2. The summed E-state index contributed by atoms with van der Waals surface area (Å²) < 4.78 is 6.84. The molecule has 7 nitrogen and oxygen atoms in total. The number of nitrogens with zero attached hydrogens (tertiary/aromatic N) is 5. The van der Waals surface area contributed by atoms with Crippen molar-refractivity contribution in [3.05, 3.63) is 6.33 Å². The minimum absolute atomic E-state index is 0.108. The van der Waals surface area contributed by atoms with Crippen LogP contribution < -0.4 is 0 Å². The Balaban J connectivity index is 1.59. The van der Waals surface area contributed by atoms with Gasteiger partial charge in [0.2, 0.25) is 5.91 Å². The van der Waals surface area contributed by atoms with Gasteiger partial charge in [0.05, 0.1) is 6.61 Å². The van der Waals surface area contributed by atoms with E-state index >= 15 is 0 Å². The topological polar surface area (TPSA) is 73.1 Å². The fraction of sp³-hybridized carbons (Fsp3) is 0.818. The number of carbonyl (C=O) groups is 1. The summed E-state index contributed by atoms with van der Waals surface area (Å²) in [6.45, 7) is 2.65. The van der Waals surface area contributed by atoms with Gasteiger partial charge in [0.1, 0.15) is 12.9 Å². The van der Waals surface area contributed by atoms with E-state index in [4.69, 9.17) is 4.74 Å². The SMILES string of the molecule is O=C(Cn1cnnn1)N(C[C@H]1CCOC1)C1CC1. The molecule has 1 saturated heterocycles. The first kappa shape index (κ1) is 11.6. The number of carbonyl (C=O) groups excluding carboxylic acids is 1. The highest BCUT2D eigenvalue weighted by atomic mass is 16.5. The quantitative estimate of drug-likeness (QED) is 0.718. The summed E-state index contributed by atoms with van der Waals surface area (Å²) in [5, 5.41) is 10.8. The maximum atomic E-state index is 12.2. The second kappa shape index (κ2) is 5.01. The maximum Gasteiger partial charge on any atom is 0.244 e. The molecule has 2 heterocycles. The lowest BCUT2D eigenvalue weighted by molar-refractivity contribution is -0.133. The van der Waals surface area contributed by atoms with Crippen LogP contribution in [-0.2, 0) is 16.1 Å². The summed E-state index contributed by atoms with van der Waals surface area (Å²) in [6.07, 6.45) is 4.77. The zero-order chi connectivity index (χ0) is 12.4. The van der Waals surface area contributed by atoms with E-state index in [0.29, 0.717) is 12.0 Å². The monoisotopic (exact) mass is 251 g/mol. The van der Waals surface area contributed by atoms with Crippen LogP contribution in [-0.4, -0.2) is 56.8 Å². The van der Waals surface area contributed by atoms with Crippen molar-refractivity contribution in [2.45, 2.75) is 31.8 Å². The number of ether oxygens (including phenoxy) is 1. The lowest BCUT2D eigenvalue weighted by Crippen LogP contribution is -2.39. The average molecular weight is 251 g/mol. The molecule has 1 aromatic rings. The van der Waals surface area contributed by atoms with Crippen LogP contribution in [0.5, 0.6) is 0 Å². The molecule has 0 bridgehead atoms. The molecule has 7 heteroatoms. The molecule has 2 aliphatic rings. The van der Waals surface area contributed by atoms with Gasteiger partial charge < -0.3 is 9.64 Å². The highest BCUT2D eigenvalue weighted by Crippen LogP contribution is 2.29. The molecule has 0 radical (unpaired) electrons. The van der Waals surface area contributed by atoms with Crippen molar-refractivity contribution in [2.24, 2.45) is 5.92 Å². The lowest BCUT2D eigenvalue weighted by Gasteiger charge is -2.25. The lowest BCUT2D eigenvalue weighted by atomic mass is 10.1. The van der Waals surface area contributed by atoms with E-state index in [2.05, 4.69) is 15.5 Å². The number of amides is 1. The van der Waals surface area contributed by atoms with Crippen LogP contribution in [0.4, 0.5) is 0 Å². The van der Waals surface area contributed by atoms with E-state index < -0.39 is 0 Å². The standard InChI is InChI=1S/C11H17N5O2/c17-11(6-15-8-12-13-14-15)16(10-1-2-10)5-9-3-4-18-7-9/h8-10H,1-7H2/t9-/m1/s1. The molecule has 1 aliphatic carbocycles. The summed E-state index contributed by atoms with van der Waals surface area (Å²) in [5.74, 6) is 0.597. The van der Waals surface area contributed by atoms with Crippen LogP contribution in [0.15, 0.2) is 6.33 Å². The van der Waals surface area contributed by atoms with E-state index in [-0.39, 0.29) is 12.5 Å². The normalized spacial score (nSPS) is 23.2. The third-order valence-corrected chi connectivity index (χ3v) is 3.48. The fourth-order valence-electron chi connectivity index (χ4n) is 2.33. The van der Waals surface area contributed by atoms with Gasteiger partial charge >= 0.3 is 0 Å². The van der Waals surface area contributed by atoms with Gasteiger partial charge in [-0.25, -0.2) is 4.68 Å². The molecule has 98 valence electrons. The Kier molecular flexibility index (Phi) is 3.22. The number of rotatable bonds is 5. The van der Waals surface area contributed by atoms with E-state index in [1.165, 1.54) is 11.0 Å². The molecule has 1 aromatic heterocycles. The average Bonchev–Trinajstić information content (AvgIpc) is 2.87. The third kappa shape index (κ3) is 2.66. The van der Waals surface area contributed by atoms with Gasteiger partial charge in [-0.3, -0.25) is 4.79 Å². The molecule has 1 aliphatic heterocycles. The predicted octanol–water partition coefficient (Wildman–Crippen LogP) is -0.299. The van der Waals surface area contributed by atoms with Crippen LogP contribution in [0.2, 0.25) is 0 Å². The molecular formula is C11H17N5O2. The van der Waals surface area contributed by atoms with Crippen molar-refractivity contribution in [1.29, 1.82) is 0 Å². The van der Waals surface area contributed by atoms with Crippen LogP contribution in [0.3, 0.4) is 0 Å². The highest BCUT2D eigenvalue weighted by molar-refractivity contribution is 5.76. The molecule has 0 unspecified atom stereocenters. The number of tetrazole rings is 1. The second-order valence-electron chi connectivity index (χ2n) is 5.01. The summed E-state index contributed by atoms with van der Waals surface area (Å²) >= 11 is 0. The van der Waals surface area contributed by atoms with Gasteiger partial charge in [-0.05, 0) is 29.7 Å². The van der Waals surface area contributed by atoms with Crippen LogP contribution in [0.25, 0.3) is 0 Å². The highest BCUT2D eigenvalue weighted by Gasteiger charge is 2.34. The van der Waals surface area contributed by atoms with E-state index in [1.54, 1.807) is 0 Å². The summed E-state index contributed by atoms with van der Waals surface area (Å²) in [6, 6.07) is 0.426. The van der Waals surface area contributed by atoms with Crippen LogP contribution >= 0.6 is 0 Å². The van der Waals surface area contributed by atoms with Crippen molar-refractivity contribution in [3.8, 4) is 0 Å². The van der Waals surface area contributed by atoms with Gasteiger partial charge in [-0.15, -0.1) is 5.10 Å². The predicted molar refractivity (Wildman–Crippen MR) is 61.5 cm³/mol. The van der Waals surface area contributed by atoms with Gasteiger partial charge in [0, 0.05) is 25.1 Å². The van der Waals surface area contributed by atoms with Crippen molar-refractivity contribution in [1.82, 2.24) is 25.1 Å². The first-order chi connectivity index (χ1) is 8.83. The van der Waals surface area contributed by atoms with E-state index in [1.807, 2.05) is 4.90 Å². The molecule has 3 rings (SSSR count). The van der Waals surface area contributed by atoms with Gasteiger partial charge in [-0.1, -0.05) is 0 Å². The Labute approximate surface area is 105 Å². The molecule has 2 fully saturated rings. The van der Waals surface area contributed by atoms with Gasteiger partial charge in [-0.2, -0.15) is 0 Å². The zero-order valence-electron chi connectivity index (χ0n) is 10.2. The van der Waals surface area contributed by atoms with Crippen LogP contribution in [0.1, 0.15) is 19.3 Å². The summed E-state index contributed by atoms with van der Waals surface area (Å²) in [5.41, 5.74) is 0. The molecule has 1 atom stereocenters. The van der Waals surface area contributed by atoms with Crippen molar-refractivity contribution >= 4 is 5.91 Å². The molecular weight excluding hydrogens is 234 g/mol. The Morgan fingerprint density at radius 1 is 1.44 bits per heavy atom. The largest absolute Gasteiger partial charge is 0.381 e. The third-order valence-electron chi connectivity index (χ3n) is 3.48. The second-order valence-corrected chi connectivity index (χ2v) is 5.01. The summed E-state index contributed by atoms with van der Waals surface area (Å²) in [7, 11) is 0. The first-order valence-corrected chi connectivity index (χ1v) is 6.41. The number of hydrogen-bond acceptors (Lipinski definition) is 5. The Morgan fingerprint density at radius 3 is 2.94 bits per heavy atom. The van der Waals surface area contributed by atoms with Gasteiger partial charge in [0.25, 0.3) is 0 Å².